The summed E-state index contributed by atoms with van der Waals surface area (Å²) in [5.74, 6) is -0.927. The number of phosphoric acid groups is 1. The monoisotopic (exact) mass is 1040 g/mol. The number of likely N-dealkylation sites (N-methyl/N-ethyl adjacent to an activating group) is 1. The van der Waals surface area contributed by atoms with E-state index in [1.807, 2.05) is 27.2 Å². The molecule has 74 heavy (non-hydrogen) atoms. The second kappa shape index (κ2) is 53.5. The standard InChI is InChI=1S/C64H102NO8P/c1-6-8-10-12-14-16-18-20-22-24-25-26-27-28-29-30-31-32-33-34-35-36-37-38-39-41-43-45-47-49-51-53-55-57-64(67)73-62(61-72-74(68,69)71-59-58-65(3,4)5)60-70-63(66)56-54-52-50-48-46-44-42-40-23-21-19-17-15-13-11-9-7-2/h8-11,14-17,20-23,25-26,28-29,31-32,34-35,37-38,42,44,48,50,62H,6-7,12-13,18-19,24,27,30,33,36,39-41,43,45-47,49,51-61H2,1-5H3/b10-8-,11-9-,16-14-,17-15-,22-20-,23-21-,26-25-,29-28-,32-31-,35-34-,38-37-,44-42-,50-48-. The van der Waals surface area contributed by atoms with E-state index in [1.54, 1.807) is 0 Å². The van der Waals surface area contributed by atoms with Gasteiger partial charge in [0.05, 0.1) is 27.7 Å². The van der Waals surface area contributed by atoms with E-state index in [-0.39, 0.29) is 26.1 Å². The number of unbranched alkanes of at least 4 members (excludes halogenated alkanes) is 9. The second-order valence-corrected chi connectivity index (χ2v) is 20.6. The highest BCUT2D eigenvalue weighted by Crippen LogP contribution is 2.38. The first-order chi connectivity index (χ1) is 36.0. The Hall–Kier alpha value is -4.37. The lowest BCUT2D eigenvalue weighted by molar-refractivity contribution is -0.870. The van der Waals surface area contributed by atoms with Gasteiger partial charge in [-0.15, -0.1) is 0 Å². The number of hydrogen-bond donors (Lipinski definition) is 0. The maximum absolute atomic E-state index is 12.8. The van der Waals surface area contributed by atoms with Crippen molar-refractivity contribution in [3.8, 4) is 0 Å². The number of phosphoric ester groups is 1. The third-order valence-electron chi connectivity index (χ3n) is 11.0. The van der Waals surface area contributed by atoms with Crippen molar-refractivity contribution in [1.82, 2.24) is 0 Å². The van der Waals surface area contributed by atoms with Gasteiger partial charge in [0, 0.05) is 12.8 Å². The van der Waals surface area contributed by atoms with E-state index in [4.69, 9.17) is 18.5 Å². The molecular formula is C64H102NO8P. The summed E-state index contributed by atoms with van der Waals surface area (Å²) in [6, 6.07) is 0. The Bertz CT molecular complexity index is 1800. The van der Waals surface area contributed by atoms with Crippen molar-refractivity contribution >= 4 is 19.8 Å². The lowest BCUT2D eigenvalue weighted by Gasteiger charge is -2.28. The Labute approximate surface area is 452 Å². The number of nitrogens with zero attached hydrogens (tertiary/aromatic N) is 1. The predicted molar refractivity (Wildman–Crippen MR) is 313 cm³/mol. The Kier molecular flexibility index (Phi) is 50.3. The van der Waals surface area contributed by atoms with Crippen LogP contribution in [0.15, 0.2) is 158 Å². The van der Waals surface area contributed by atoms with Gasteiger partial charge < -0.3 is 27.9 Å². The molecule has 0 aromatic rings. The van der Waals surface area contributed by atoms with Crippen LogP contribution in [-0.2, 0) is 32.7 Å². The molecule has 0 N–H and O–H groups in total. The molecule has 0 aliphatic carbocycles. The summed E-state index contributed by atoms with van der Waals surface area (Å²) in [5, 5.41) is 0. The first-order valence-corrected chi connectivity index (χ1v) is 29.7. The van der Waals surface area contributed by atoms with Gasteiger partial charge in [0.25, 0.3) is 7.82 Å². The Morgan fingerprint density at radius 1 is 0.419 bits per heavy atom. The van der Waals surface area contributed by atoms with Crippen LogP contribution in [0.5, 0.6) is 0 Å². The van der Waals surface area contributed by atoms with Gasteiger partial charge in [0.2, 0.25) is 0 Å². The molecule has 9 nitrogen and oxygen atoms in total. The fraction of sp³-hybridized carbons (Fsp3) is 0.562. The SMILES string of the molecule is CC/C=C\C/C=C\C/C=C\C/C=C\C/C=C\C/C=C\C/C=C\C/C=C\CCCCCCCCCCC(=O)OC(COC(=O)CCC/C=C\C/C=C\C/C=C\C/C=C\C/C=C\CC)COP(=O)([O-])OCC[N+](C)(C)C. The number of carbonyl (C=O) groups excluding carboxylic acids is 2. The first kappa shape index (κ1) is 69.6. The summed E-state index contributed by atoms with van der Waals surface area (Å²) < 4.78 is 34.0. The highest BCUT2D eigenvalue weighted by molar-refractivity contribution is 7.45. The largest absolute Gasteiger partial charge is 0.756 e. The lowest BCUT2D eigenvalue weighted by Crippen LogP contribution is -2.37. The number of esters is 2. The molecule has 0 aromatic carbocycles. The van der Waals surface area contributed by atoms with Gasteiger partial charge in [-0.1, -0.05) is 210 Å². The summed E-state index contributed by atoms with van der Waals surface area (Å²) in [4.78, 5) is 37.8. The van der Waals surface area contributed by atoms with Crippen molar-refractivity contribution in [2.75, 3.05) is 47.5 Å². The zero-order valence-corrected chi connectivity index (χ0v) is 47.9. The third kappa shape index (κ3) is 56.9. The summed E-state index contributed by atoms with van der Waals surface area (Å²) in [6.07, 6.45) is 80.1. The van der Waals surface area contributed by atoms with Crippen LogP contribution in [0.4, 0.5) is 0 Å². The molecule has 0 heterocycles. The molecular weight excluding hydrogens is 942 g/mol. The maximum atomic E-state index is 12.8. The van der Waals surface area contributed by atoms with Gasteiger partial charge >= 0.3 is 11.9 Å². The van der Waals surface area contributed by atoms with E-state index in [1.165, 1.54) is 25.7 Å². The van der Waals surface area contributed by atoms with Gasteiger partial charge in [0.1, 0.15) is 19.8 Å². The van der Waals surface area contributed by atoms with E-state index in [0.29, 0.717) is 23.9 Å². The van der Waals surface area contributed by atoms with Crippen LogP contribution in [0, 0.1) is 0 Å². The van der Waals surface area contributed by atoms with E-state index in [0.717, 1.165) is 116 Å². The van der Waals surface area contributed by atoms with E-state index < -0.39 is 32.5 Å². The number of ether oxygens (including phenoxy) is 2. The average Bonchev–Trinajstić information content (AvgIpc) is 3.36. The zero-order valence-electron chi connectivity index (χ0n) is 47.0. The molecule has 0 aromatic heterocycles. The lowest BCUT2D eigenvalue weighted by atomic mass is 10.1. The number of hydrogen-bond acceptors (Lipinski definition) is 8. The summed E-state index contributed by atoms with van der Waals surface area (Å²) in [5.41, 5.74) is 0. The van der Waals surface area contributed by atoms with Crippen LogP contribution in [0.2, 0.25) is 0 Å². The molecule has 0 aliphatic heterocycles. The Morgan fingerprint density at radius 2 is 0.743 bits per heavy atom. The van der Waals surface area contributed by atoms with E-state index in [9.17, 15) is 19.0 Å². The number of allylic oxidation sites excluding steroid dienone is 26. The maximum Gasteiger partial charge on any atom is 0.306 e. The van der Waals surface area contributed by atoms with E-state index in [2.05, 4.69) is 166 Å². The molecule has 0 rings (SSSR count). The van der Waals surface area contributed by atoms with Crippen LogP contribution >= 0.6 is 7.82 Å². The smallest absolute Gasteiger partial charge is 0.306 e. The highest BCUT2D eigenvalue weighted by atomic mass is 31.2. The molecule has 0 fully saturated rings. The van der Waals surface area contributed by atoms with Crippen LogP contribution in [0.25, 0.3) is 0 Å². The van der Waals surface area contributed by atoms with Crippen LogP contribution in [0.3, 0.4) is 0 Å². The number of carbonyl (C=O) groups is 2. The zero-order chi connectivity index (χ0) is 54.2. The quantitative estimate of drug-likeness (QED) is 0.0195. The van der Waals surface area contributed by atoms with Gasteiger partial charge in [-0.25, -0.2) is 0 Å². The molecule has 0 spiro atoms. The van der Waals surface area contributed by atoms with Crippen molar-refractivity contribution in [3.63, 3.8) is 0 Å². The van der Waals surface area contributed by atoms with E-state index >= 15 is 0 Å². The Balaban J connectivity index is 4.28. The van der Waals surface area contributed by atoms with Gasteiger partial charge in [0.15, 0.2) is 6.10 Å². The fourth-order valence-corrected chi connectivity index (χ4v) is 7.49. The second-order valence-electron chi connectivity index (χ2n) is 19.2. The van der Waals surface area contributed by atoms with Crippen LogP contribution in [-0.4, -0.2) is 70.0 Å². The predicted octanol–water partition coefficient (Wildman–Crippen LogP) is 17.1. The molecule has 0 amide bonds. The summed E-state index contributed by atoms with van der Waals surface area (Å²) >= 11 is 0. The number of quaternary nitrogens is 1. The average molecular weight is 1040 g/mol. The fourth-order valence-electron chi connectivity index (χ4n) is 6.76. The first-order valence-electron chi connectivity index (χ1n) is 28.2. The van der Waals surface area contributed by atoms with Crippen LogP contribution in [0.1, 0.15) is 181 Å². The van der Waals surface area contributed by atoms with Gasteiger partial charge in [-0.3, -0.25) is 14.2 Å². The van der Waals surface area contributed by atoms with Gasteiger partial charge in [-0.05, 0) is 116 Å². The van der Waals surface area contributed by atoms with Gasteiger partial charge in [-0.2, -0.15) is 0 Å². The third-order valence-corrected chi connectivity index (χ3v) is 12.0. The van der Waals surface area contributed by atoms with Crippen LogP contribution < -0.4 is 4.89 Å². The molecule has 2 unspecified atom stereocenters. The topological polar surface area (TPSA) is 111 Å². The summed E-state index contributed by atoms with van der Waals surface area (Å²) in [7, 11) is 1.10. The van der Waals surface area contributed by atoms with Crippen molar-refractivity contribution < 1.29 is 42.1 Å². The Morgan fingerprint density at radius 3 is 1.12 bits per heavy atom. The minimum Gasteiger partial charge on any atom is -0.756 e. The molecule has 0 saturated heterocycles. The summed E-state index contributed by atoms with van der Waals surface area (Å²) in [6.45, 7) is 3.90. The molecule has 0 radical (unpaired) electrons. The number of rotatable bonds is 49. The molecule has 416 valence electrons. The van der Waals surface area contributed by atoms with Crippen molar-refractivity contribution in [1.29, 1.82) is 0 Å². The minimum absolute atomic E-state index is 0.0509. The molecule has 10 heteroatoms. The highest BCUT2D eigenvalue weighted by Gasteiger charge is 2.21. The normalized spacial score (nSPS) is 14.5. The molecule has 0 saturated carbocycles. The van der Waals surface area contributed by atoms with Crippen molar-refractivity contribution in [2.24, 2.45) is 0 Å². The molecule has 2 atom stereocenters. The van der Waals surface area contributed by atoms with Crippen molar-refractivity contribution in [2.45, 2.75) is 187 Å². The van der Waals surface area contributed by atoms with Crippen molar-refractivity contribution in [3.05, 3.63) is 158 Å². The molecule has 0 aliphatic rings. The minimum atomic E-state index is -4.66. The molecule has 0 bridgehead atoms.